The summed E-state index contributed by atoms with van der Waals surface area (Å²) in [6.45, 7) is 13.7. The summed E-state index contributed by atoms with van der Waals surface area (Å²) in [5.74, 6) is 0.187. The van der Waals surface area contributed by atoms with E-state index in [1.54, 1.807) is 0 Å². The minimum absolute atomic E-state index is 0.225. The summed E-state index contributed by atoms with van der Waals surface area (Å²) in [7, 11) is 0. The van der Waals surface area contributed by atoms with Crippen LogP contribution >= 0.6 is 11.8 Å². The third kappa shape index (κ3) is 4.09. The summed E-state index contributed by atoms with van der Waals surface area (Å²) in [4.78, 5) is 25.6. The number of phenolic OH excluding ortho intramolecular Hbond substituents is 1. The van der Waals surface area contributed by atoms with Gasteiger partial charge in [0.15, 0.2) is 0 Å². The average molecular weight is 362 g/mol. The van der Waals surface area contributed by atoms with Crippen LogP contribution < -0.4 is 0 Å². The lowest BCUT2D eigenvalue weighted by Crippen LogP contribution is -2.29. The molecule has 25 heavy (non-hydrogen) atoms. The van der Waals surface area contributed by atoms with Crippen LogP contribution in [0, 0.1) is 0 Å². The van der Waals surface area contributed by atoms with Crippen molar-refractivity contribution in [1.82, 2.24) is 4.90 Å². The summed E-state index contributed by atoms with van der Waals surface area (Å²) in [6, 6.07) is 3.86. The maximum atomic E-state index is 12.3. The molecule has 4 nitrogen and oxygen atoms in total. The summed E-state index contributed by atoms with van der Waals surface area (Å²) in [5, 5.41) is 10.8. The molecule has 0 bridgehead atoms. The maximum Gasteiger partial charge on any atom is 0.267 e. The van der Waals surface area contributed by atoms with E-state index in [9.17, 15) is 14.7 Å². The molecule has 0 aliphatic carbocycles. The lowest BCUT2D eigenvalue weighted by molar-refractivity contribution is -0.138. The summed E-state index contributed by atoms with van der Waals surface area (Å²) < 4.78 is 0. The molecule has 0 aromatic heterocycles. The largest absolute Gasteiger partial charge is 0.507 e. The van der Waals surface area contributed by atoms with Crippen LogP contribution in [0.1, 0.15) is 65.2 Å². The predicted molar refractivity (Wildman–Crippen MR) is 103 cm³/mol. The Morgan fingerprint density at radius 1 is 1.12 bits per heavy atom. The Bertz CT molecular complexity index is 716. The molecule has 136 valence electrons. The zero-order valence-corrected chi connectivity index (χ0v) is 16.9. The third-order valence-electron chi connectivity index (χ3n) is 4.23. The van der Waals surface area contributed by atoms with Crippen LogP contribution in [0.15, 0.2) is 17.0 Å². The van der Waals surface area contributed by atoms with E-state index in [2.05, 4.69) is 41.5 Å². The van der Waals surface area contributed by atoms with Crippen LogP contribution in [0.5, 0.6) is 5.75 Å². The van der Waals surface area contributed by atoms with Gasteiger partial charge in [-0.25, -0.2) is 0 Å². The molecule has 0 unspecified atom stereocenters. The molecule has 0 saturated carbocycles. The van der Waals surface area contributed by atoms with Crippen LogP contribution in [0.2, 0.25) is 0 Å². The molecular formula is C20H27NO3S. The number of nitrogens with zero attached hydrogens (tertiary/aromatic N) is 1. The fourth-order valence-corrected chi connectivity index (χ4v) is 3.78. The van der Waals surface area contributed by atoms with E-state index in [4.69, 9.17) is 0 Å². The van der Waals surface area contributed by atoms with Gasteiger partial charge in [-0.05, 0) is 34.6 Å². The normalized spacial score (nSPS) is 17.5. The number of hydrogen-bond donors (Lipinski definition) is 1. The molecular weight excluding hydrogens is 334 g/mol. The number of benzene rings is 1. The fraction of sp³-hybridized carbons (Fsp3) is 0.500. The smallest absolute Gasteiger partial charge is 0.267 e. The highest BCUT2D eigenvalue weighted by molar-refractivity contribution is 8.04. The van der Waals surface area contributed by atoms with Gasteiger partial charge < -0.3 is 5.11 Å². The molecule has 0 atom stereocenters. The van der Waals surface area contributed by atoms with Crippen molar-refractivity contribution in [3.05, 3.63) is 33.7 Å². The second-order valence-corrected chi connectivity index (χ2v) is 9.49. The molecule has 2 rings (SSSR count). The first-order valence-corrected chi connectivity index (χ1v) is 9.36. The Morgan fingerprint density at radius 2 is 1.60 bits per heavy atom. The lowest BCUT2D eigenvalue weighted by Gasteiger charge is -2.28. The van der Waals surface area contributed by atoms with Crippen molar-refractivity contribution >= 4 is 29.7 Å². The quantitative estimate of drug-likeness (QED) is 0.753. The van der Waals surface area contributed by atoms with Gasteiger partial charge in [-0.3, -0.25) is 14.5 Å². The van der Waals surface area contributed by atoms with E-state index < -0.39 is 0 Å². The van der Waals surface area contributed by atoms with Gasteiger partial charge >= 0.3 is 0 Å². The van der Waals surface area contributed by atoms with E-state index in [0.717, 1.165) is 16.7 Å². The molecule has 1 aromatic carbocycles. The SMILES string of the molecule is CC(=O)N1CS/C(=C\c2cc(C(C)(C)C)c(O)c(C(C)(C)C)c2)C1=O. The molecule has 1 N–H and O–H groups in total. The molecule has 5 heteroatoms. The fourth-order valence-electron chi connectivity index (χ4n) is 2.76. The van der Waals surface area contributed by atoms with Crippen molar-refractivity contribution in [2.24, 2.45) is 0 Å². The van der Waals surface area contributed by atoms with Crippen molar-refractivity contribution < 1.29 is 14.7 Å². The number of rotatable bonds is 1. The molecule has 1 aliphatic heterocycles. The van der Waals surface area contributed by atoms with Crippen molar-refractivity contribution in [3.8, 4) is 5.75 Å². The highest BCUT2D eigenvalue weighted by atomic mass is 32.2. The number of imide groups is 1. The Labute approximate surface area is 154 Å². The van der Waals surface area contributed by atoms with Gasteiger partial charge in [0.25, 0.3) is 5.91 Å². The van der Waals surface area contributed by atoms with E-state index in [-0.39, 0.29) is 22.6 Å². The molecule has 2 amide bonds. The van der Waals surface area contributed by atoms with Crippen LogP contribution in [0.25, 0.3) is 6.08 Å². The van der Waals surface area contributed by atoms with Gasteiger partial charge in [0.1, 0.15) is 5.75 Å². The van der Waals surface area contributed by atoms with Crippen LogP contribution in [-0.2, 0) is 20.4 Å². The third-order valence-corrected chi connectivity index (χ3v) is 5.22. The van der Waals surface area contributed by atoms with Crippen LogP contribution in [0.3, 0.4) is 0 Å². The summed E-state index contributed by atoms with van der Waals surface area (Å²) in [6.07, 6.45) is 1.82. The van der Waals surface area contributed by atoms with Crippen molar-refractivity contribution in [2.45, 2.75) is 59.3 Å². The Morgan fingerprint density at radius 3 is 1.96 bits per heavy atom. The topological polar surface area (TPSA) is 57.6 Å². The van der Waals surface area contributed by atoms with Gasteiger partial charge in [0.05, 0.1) is 10.8 Å². The van der Waals surface area contributed by atoms with Gasteiger partial charge in [-0.15, -0.1) is 0 Å². The second-order valence-electron chi connectivity index (χ2n) is 8.50. The van der Waals surface area contributed by atoms with Crippen molar-refractivity contribution in [3.63, 3.8) is 0 Å². The van der Waals surface area contributed by atoms with E-state index >= 15 is 0 Å². The van der Waals surface area contributed by atoms with Gasteiger partial charge in [0, 0.05) is 18.1 Å². The number of hydrogen-bond acceptors (Lipinski definition) is 4. The van der Waals surface area contributed by atoms with Crippen molar-refractivity contribution in [2.75, 3.05) is 5.88 Å². The number of phenols is 1. The summed E-state index contributed by atoms with van der Waals surface area (Å²) in [5.41, 5.74) is 2.12. The van der Waals surface area contributed by atoms with Crippen molar-refractivity contribution in [1.29, 1.82) is 0 Å². The van der Waals surface area contributed by atoms with Gasteiger partial charge in [-0.1, -0.05) is 53.3 Å². The van der Waals surface area contributed by atoms with E-state index in [1.165, 1.54) is 23.6 Å². The average Bonchev–Trinajstić information content (AvgIpc) is 2.79. The first kappa shape index (κ1) is 19.6. The Hall–Kier alpha value is -1.75. The number of carbonyl (C=O) groups is 2. The molecule has 1 heterocycles. The molecule has 0 radical (unpaired) electrons. The predicted octanol–water partition coefficient (Wildman–Crippen LogP) is 4.41. The van der Waals surface area contributed by atoms with Crippen LogP contribution in [0.4, 0.5) is 0 Å². The molecule has 1 fully saturated rings. The highest BCUT2D eigenvalue weighted by Gasteiger charge is 2.30. The zero-order chi connectivity index (χ0) is 19.2. The van der Waals surface area contributed by atoms with Gasteiger partial charge in [0.2, 0.25) is 5.91 Å². The van der Waals surface area contributed by atoms with Gasteiger partial charge in [-0.2, -0.15) is 0 Å². The lowest BCUT2D eigenvalue weighted by atomic mass is 9.78. The Balaban J connectivity index is 2.58. The highest BCUT2D eigenvalue weighted by Crippen LogP contribution is 2.41. The summed E-state index contributed by atoms with van der Waals surface area (Å²) >= 11 is 1.37. The molecule has 0 spiro atoms. The zero-order valence-electron chi connectivity index (χ0n) is 16.1. The molecule has 1 saturated heterocycles. The number of carbonyl (C=O) groups excluding carboxylic acids is 2. The number of thioether (sulfide) groups is 1. The minimum Gasteiger partial charge on any atom is -0.507 e. The first-order chi connectivity index (χ1) is 11.3. The monoisotopic (exact) mass is 361 g/mol. The first-order valence-electron chi connectivity index (χ1n) is 8.37. The standard InChI is InChI=1S/C20H27NO3S/c1-12(22)21-11-25-16(18(21)24)10-13-8-14(19(2,3)4)17(23)15(9-13)20(5,6)7/h8-10,23H,11H2,1-7H3/b16-10-. The van der Waals surface area contributed by atoms with Crippen LogP contribution in [-0.4, -0.2) is 27.7 Å². The Kier molecular flexibility index (Phi) is 5.11. The molecule has 1 aliphatic rings. The number of amides is 2. The maximum absolute atomic E-state index is 12.3. The number of aromatic hydroxyl groups is 1. The molecule has 1 aromatic rings. The minimum atomic E-state index is -0.250. The second kappa shape index (κ2) is 6.52. The van der Waals surface area contributed by atoms with E-state index in [0.29, 0.717) is 16.5 Å². The van der Waals surface area contributed by atoms with E-state index in [1.807, 2.05) is 18.2 Å².